The fraction of sp³-hybridized carbons (Fsp3) is 0.600. The monoisotopic (exact) mass is 242 g/mol. The number of methoxy groups -OCH3 is 1. The first kappa shape index (κ1) is 11.5. The van der Waals surface area contributed by atoms with Crippen molar-refractivity contribution in [1.82, 2.24) is 4.98 Å². The molecule has 0 aliphatic heterocycles. The molecule has 2 rings (SSSR count). The van der Waals surface area contributed by atoms with Crippen LogP contribution in [0, 0.1) is 0 Å². The van der Waals surface area contributed by atoms with E-state index in [2.05, 4.69) is 4.98 Å². The molecule has 0 spiro atoms. The number of carbonyl (C=O) groups is 1. The van der Waals surface area contributed by atoms with E-state index in [4.69, 9.17) is 10.5 Å². The average molecular weight is 242 g/mol. The smallest absolute Gasteiger partial charge is 0.315 e. The van der Waals surface area contributed by atoms with Crippen molar-refractivity contribution >= 4 is 17.3 Å². The Hall–Kier alpha value is -0.980. The van der Waals surface area contributed by atoms with E-state index >= 15 is 0 Å². The molecule has 1 aliphatic carbocycles. The summed E-state index contributed by atoms with van der Waals surface area (Å²) in [5.41, 5.74) is 5.45. The number of nitrogens with two attached hydrogens (primary N) is 1. The molecular formula is C10H14N2O3S. The van der Waals surface area contributed by atoms with Gasteiger partial charge in [0.1, 0.15) is 10.4 Å². The molecule has 0 atom stereocenters. The van der Waals surface area contributed by atoms with E-state index in [1.807, 2.05) is 0 Å². The molecule has 0 unspecified atom stereocenters. The van der Waals surface area contributed by atoms with Gasteiger partial charge < -0.3 is 15.6 Å². The predicted octanol–water partition coefficient (Wildman–Crippen LogP) is 0.733. The molecule has 0 aromatic carbocycles. The van der Waals surface area contributed by atoms with Crippen LogP contribution in [0.1, 0.15) is 23.5 Å². The lowest BCUT2D eigenvalue weighted by molar-refractivity contribution is -0.148. The van der Waals surface area contributed by atoms with Crippen LogP contribution in [0.4, 0.5) is 0 Å². The van der Waals surface area contributed by atoms with Gasteiger partial charge in [-0.15, -0.1) is 11.3 Å². The minimum Gasteiger partial charge on any atom is -0.481 e. The van der Waals surface area contributed by atoms with Gasteiger partial charge >= 0.3 is 5.97 Å². The van der Waals surface area contributed by atoms with Crippen LogP contribution in [0.5, 0.6) is 0 Å². The van der Waals surface area contributed by atoms with Crippen LogP contribution in [0.15, 0.2) is 5.38 Å². The normalized spacial score (nSPS) is 28.8. The molecule has 0 radical (unpaired) electrons. The van der Waals surface area contributed by atoms with E-state index in [1.165, 1.54) is 11.3 Å². The van der Waals surface area contributed by atoms with Crippen molar-refractivity contribution in [2.24, 2.45) is 5.73 Å². The maximum Gasteiger partial charge on any atom is 0.315 e. The SMILES string of the molecule is COCc1nc(C2(C(=O)O)CC(N)C2)cs1. The van der Waals surface area contributed by atoms with Gasteiger partial charge in [-0.25, -0.2) is 4.98 Å². The Bertz CT molecular complexity index is 399. The van der Waals surface area contributed by atoms with E-state index in [9.17, 15) is 9.90 Å². The second-order valence-electron chi connectivity index (χ2n) is 4.12. The highest BCUT2D eigenvalue weighted by Gasteiger charge is 2.52. The van der Waals surface area contributed by atoms with Crippen molar-refractivity contribution in [2.75, 3.05) is 7.11 Å². The third kappa shape index (κ3) is 1.73. The van der Waals surface area contributed by atoms with E-state index in [-0.39, 0.29) is 6.04 Å². The molecule has 1 saturated carbocycles. The summed E-state index contributed by atoms with van der Waals surface area (Å²) in [5, 5.41) is 11.9. The molecule has 1 fully saturated rings. The third-order valence-electron chi connectivity index (χ3n) is 2.94. The molecule has 6 heteroatoms. The Morgan fingerprint density at radius 1 is 1.81 bits per heavy atom. The van der Waals surface area contributed by atoms with Crippen LogP contribution in [-0.4, -0.2) is 29.2 Å². The Morgan fingerprint density at radius 3 is 3.00 bits per heavy atom. The number of nitrogens with zero attached hydrogens (tertiary/aromatic N) is 1. The predicted molar refractivity (Wildman–Crippen MR) is 59.4 cm³/mol. The topological polar surface area (TPSA) is 85.4 Å². The summed E-state index contributed by atoms with van der Waals surface area (Å²) in [6, 6.07) is -0.0244. The van der Waals surface area contributed by atoms with Gasteiger partial charge in [0.05, 0.1) is 12.3 Å². The number of rotatable bonds is 4. The second-order valence-corrected chi connectivity index (χ2v) is 5.06. The number of hydrogen-bond acceptors (Lipinski definition) is 5. The summed E-state index contributed by atoms with van der Waals surface area (Å²) in [5.74, 6) is -0.830. The quantitative estimate of drug-likeness (QED) is 0.813. The first-order valence-corrected chi connectivity index (χ1v) is 5.89. The summed E-state index contributed by atoms with van der Waals surface area (Å²) >= 11 is 1.43. The molecule has 5 nitrogen and oxygen atoms in total. The van der Waals surface area contributed by atoms with Gasteiger partial charge in [-0.1, -0.05) is 0 Å². The third-order valence-corrected chi connectivity index (χ3v) is 3.76. The van der Waals surface area contributed by atoms with E-state index in [0.717, 1.165) is 5.01 Å². The minimum absolute atomic E-state index is 0.0244. The number of carboxylic acids is 1. The Balaban J connectivity index is 2.23. The number of aliphatic carboxylic acids is 1. The summed E-state index contributed by atoms with van der Waals surface area (Å²) < 4.78 is 4.96. The van der Waals surface area contributed by atoms with Gasteiger partial charge in [0.15, 0.2) is 0 Å². The molecule has 0 saturated heterocycles. The van der Waals surface area contributed by atoms with Crippen LogP contribution in [0.3, 0.4) is 0 Å². The van der Waals surface area contributed by atoms with E-state index in [0.29, 0.717) is 25.1 Å². The molecule has 1 aromatic rings. The number of hydrogen-bond donors (Lipinski definition) is 2. The summed E-state index contributed by atoms with van der Waals surface area (Å²) in [6.07, 6.45) is 0.941. The summed E-state index contributed by atoms with van der Waals surface area (Å²) in [7, 11) is 1.59. The number of ether oxygens (including phenoxy) is 1. The van der Waals surface area contributed by atoms with Gasteiger partial charge in [0.25, 0.3) is 0 Å². The lowest BCUT2D eigenvalue weighted by Gasteiger charge is -2.41. The largest absolute Gasteiger partial charge is 0.481 e. The van der Waals surface area contributed by atoms with Crippen molar-refractivity contribution in [3.8, 4) is 0 Å². The number of aromatic nitrogens is 1. The van der Waals surface area contributed by atoms with E-state index < -0.39 is 11.4 Å². The molecule has 88 valence electrons. The first-order valence-electron chi connectivity index (χ1n) is 5.01. The molecule has 3 N–H and O–H groups in total. The van der Waals surface area contributed by atoms with Crippen molar-refractivity contribution in [2.45, 2.75) is 30.9 Å². The zero-order chi connectivity index (χ0) is 11.8. The zero-order valence-corrected chi connectivity index (χ0v) is 9.79. The van der Waals surface area contributed by atoms with Crippen LogP contribution < -0.4 is 5.73 Å². The highest BCUT2D eigenvalue weighted by atomic mass is 32.1. The molecule has 1 aliphatic rings. The summed E-state index contributed by atoms with van der Waals surface area (Å²) in [4.78, 5) is 15.6. The van der Waals surface area contributed by atoms with Gasteiger partial charge in [-0.2, -0.15) is 0 Å². The van der Waals surface area contributed by atoms with Crippen LogP contribution in [0.25, 0.3) is 0 Å². The number of carboxylic acid groups (broad SMARTS) is 1. The van der Waals surface area contributed by atoms with Crippen LogP contribution in [-0.2, 0) is 21.6 Å². The van der Waals surface area contributed by atoms with Gasteiger partial charge in [0.2, 0.25) is 0 Å². The molecule has 16 heavy (non-hydrogen) atoms. The maximum atomic E-state index is 11.3. The molecule has 0 bridgehead atoms. The highest BCUT2D eigenvalue weighted by molar-refractivity contribution is 7.09. The lowest BCUT2D eigenvalue weighted by Crippen LogP contribution is -2.54. The highest BCUT2D eigenvalue weighted by Crippen LogP contribution is 2.43. The zero-order valence-electron chi connectivity index (χ0n) is 8.97. The Morgan fingerprint density at radius 2 is 2.50 bits per heavy atom. The lowest BCUT2D eigenvalue weighted by atomic mass is 9.64. The van der Waals surface area contributed by atoms with Crippen LogP contribution in [0.2, 0.25) is 0 Å². The number of thiazole rings is 1. The van der Waals surface area contributed by atoms with Crippen molar-refractivity contribution in [3.05, 3.63) is 16.1 Å². The standard InChI is InChI=1S/C10H14N2O3S/c1-15-4-8-12-7(5-16-8)10(9(13)14)2-6(11)3-10/h5-6H,2-4,11H2,1H3,(H,13,14). The molecule has 0 amide bonds. The fourth-order valence-corrected chi connectivity index (χ4v) is 2.91. The van der Waals surface area contributed by atoms with Crippen molar-refractivity contribution in [1.29, 1.82) is 0 Å². The molecule has 1 heterocycles. The van der Waals surface area contributed by atoms with Gasteiger partial charge in [0, 0.05) is 18.5 Å². The maximum absolute atomic E-state index is 11.3. The van der Waals surface area contributed by atoms with E-state index in [1.54, 1.807) is 12.5 Å². The first-order chi connectivity index (χ1) is 7.58. The molecule has 1 aromatic heterocycles. The Labute approximate surface area is 97.2 Å². The Kier molecular flexibility index (Phi) is 2.96. The average Bonchev–Trinajstić information content (AvgIpc) is 2.61. The minimum atomic E-state index is -0.859. The van der Waals surface area contributed by atoms with Gasteiger partial charge in [-0.3, -0.25) is 4.79 Å². The molecular weight excluding hydrogens is 228 g/mol. The van der Waals surface area contributed by atoms with Gasteiger partial charge in [-0.05, 0) is 12.8 Å². The van der Waals surface area contributed by atoms with Crippen LogP contribution >= 0.6 is 11.3 Å². The second kappa shape index (κ2) is 4.12. The van der Waals surface area contributed by atoms with Crippen molar-refractivity contribution < 1.29 is 14.6 Å². The van der Waals surface area contributed by atoms with Crippen molar-refractivity contribution in [3.63, 3.8) is 0 Å². The summed E-state index contributed by atoms with van der Waals surface area (Å²) in [6.45, 7) is 0.423. The fourth-order valence-electron chi connectivity index (χ4n) is 2.05.